The lowest BCUT2D eigenvalue weighted by Crippen LogP contribution is -2.53. The van der Waals surface area contributed by atoms with Crippen molar-refractivity contribution in [2.24, 2.45) is 10.8 Å². The SMILES string of the molecule is CCCCCC12CCC(C(F)(F)Oc3ccc(/C=C/C(=O)OCCCCCc4ccc(N)cc4N)cc3)(CC1)CC2. The summed E-state index contributed by atoms with van der Waals surface area (Å²) in [7, 11) is 0. The fourth-order valence-electron chi connectivity index (χ4n) is 6.55. The van der Waals surface area contributed by atoms with E-state index in [1.165, 1.54) is 31.8 Å². The number of rotatable bonds is 15. The second kappa shape index (κ2) is 13.7. The van der Waals surface area contributed by atoms with Crippen molar-refractivity contribution < 1.29 is 23.0 Å². The van der Waals surface area contributed by atoms with Gasteiger partial charge in [0.2, 0.25) is 0 Å². The number of nitrogens with two attached hydrogens (primary N) is 2. The maximum absolute atomic E-state index is 15.5. The van der Waals surface area contributed by atoms with Gasteiger partial charge in [-0.2, -0.15) is 8.78 Å². The highest BCUT2D eigenvalue weighted by atomic mass is 19.3. The molecule has 0 saturated heterocycles. The van der Waals surface area contributed by atoms with Crippen LogP contribution in [-0.2, 0) is 16.0 Å². The lowest BCUT2D eigenvalue weighted by Gasteiger charge is -2.55. The first-order valence-electron chi connectivity index (χ1n) is 15.3. The van der Waals surface area contributed by atoms with E-state index in [4.69, 9.17) is 20.9 Å². The van der Waals surface area contributed by atoms with Gasteiger partial charge in [0.25, 0.3) is 0 Å². The quantitative estimate of drug-likeness (QED) is 0.0971. The van der Waals surface area contributed by atoms with E-state index in [1.807, 2.05) is 12.1 Å². The molecule has 2 aromatic rings. The summed E-state index contributed by atoms with van der Waals surface area (Å²) in [6, 6.07) is 12.0. The van der Waals surface area contributed by atoms with Crippen LogP contribution in [0.1, 0.15) is 102 Å². The van der Waals surface area contributed by atoms with Gasteiger partial charge >= 0.3 is 12.1 Å². The molecule has 0 unspecified atom stereocenters. The third kappa shape index (κ3) is 8.02. The van der Waals surface area contributed by atoms with Crippen molar-refractivity contribution in [2.75, 3.05) is 18.1 Å². The smallest absolute Gasteiger partial charge is 0.403 e. The second-order valence-corrected chi connectivity index (χ2v) is 12.2. The molecule has 5 rings (SSSR count). The molecule has 0 aromatic heterocycles. The maximum Gasteiger partial charge on any atom is 0.403 e. The minimum Gasteiger partial charge on any atom is -0.463 e. The molecule has 0 radical (unpaired) electrons. The van der Waals surface area contributed by atoms with Crippen LogP contribution in [0.3, 0.4) is 0 Å². The minimum atomic E-state index is -3.20. The van der Waals surface area contributed by atoms with E-state index in [0.29, 0.717) is 42.8 Å². The van der Waals surface area contributed by atoms with Gasteiger partial charge < -0.3 is 20.9 Å². The van der Waals surface area contributed by atoms with Crippen molar-refractivity contribution in [1.82, 2.24) is 0 Å². The summed E-state index contributed by atoms with van der Waals surface area (Å²) in [6.45, 7) is 2.54. The predicted octanol–water partition coefficient (Wildman–Crippen LogP) is 8.71. The van der Waals surface area contributed by atoms with E-state index in [-0.39, 0.29) is 11.2 Å². The molecule has 3 saturated carbocycles. The van der Waals surface area contributed by atoms with Crippen molar-refractivity contribution in [3.63, 3.8) is 0 Å². The summed E-state index contributed by atoms with van der Waals surface area (Å²) in [6.07, 6.45) is 12.3. The van der Waals surface area contributed by atoms with Gasteiger partial charge in [-0.05, 0) is 118 Å². The first-order valence-corrected chi connectivity index (χ1v) is 15.3. The zero-order chi connectivity index (χ0) is 29.3. The highest BCUT2D eigenvalue weighted by molar-refractivity contribution is 5.87. The standard InChI is InChI=1S/C34H46F2N2O3/c1-2-3-6-17-32-18-21-33(22-19-32,23-20-32)34(35,36)41-29-14-9-26(10-15-29)11-16-31(39)40-24-7-4-5-8-27-12-13-28(37)25-30(27)38/h9-16,25H,2-8,17-24,37-38H2,1H3/b16-11+. The van der Waals surface area contributed by atoms with Crippen LogP contribution in [0.5, 0.6) is 5.75 Å². The molecular weight excluding hydrogens is 522 g/mol. The second-order valence-electron chi connectivity index (χ2n) is 12.2. The summed E-state index contributed by atoms with van der Waals surface area (Å²) < 4.78 is 41.6. The van der Waals surface area contributed by atoms with E-state index in [1.54, 1.807) is 36.4 Å². The Morgan fingerprint density at radius 3 is 2.29 bits per heavy atom. The van der Waals surface area contributed by atoms with E-state index < -0.39 is 17.5 Å². The number of hydrogen-bond acceptors (Lipinski definition) is 5. The Balaban J connectivity index is 1.17. The van der Waals surface area contributed by atoms with E-state index in [9.17, 15) is 4.79 Å². The molecule has 7 heteroatoms. The molecule has 0 aliphatic heterocycles. The molecule has 0 amide bonds. The van der Waals surface area contributed by atoms with E-state index in [2.05, 4.69) is 6.92 Å². The van der Waals surface area contributed by atoms with Gasteiger partial charge in [-0.15, -0.1) is 0 Å². The predicted molar refractivity (Wildman–Crippen MR) is 162 cm³/mol. The van der Waals surface area contributed by atoms with Crippen molar-refractivity contribution >= 4 is 23.4 Å². The first kappa shape index (κ1) is 30.9. The lowest BCUT2D eigenvalue weighted by molar-refractivity contribution is -0.289. The highest BCUT2D eigenvalue weighted by Crippen LogP contribution is 2.63. The van der Waals surface area contributed by atoms with Crippen molar-refractivity contribution in [2.45, 2.75) is 103 Å². The van der Waals surface area contributed by atoms with Crippen molar-refractivity contribution in [3.8, 4) is 5.75 Å². The summed E-state index contributed by atoms with van der Waals surface area (Å²) in [4.78, 5) is 12.1. The van der Waals surface area contributed by atoms with Gasteiger partial charge in [-0.25, -0.2) is 4.79 Å². The number of hydrogen-bond donors (Lipinski definition) is 2. The number of fused-ring (bicyclic) bond motifs is 3. The summed E-state index contributed by atoms with van der Waals surface area (Å²) >= 11 is 0. The van der Waals surface area contributed by atoms with Gasteiger partial charge in [0.15, 0.2) is 0 Å². The van der Waals surface area contributed by atoms with Gasteiger partial charge in [0, 0.05) is 17.5 Å². The molecule has 224 valence electrons. The molecule has 41 heavy (non-hydrogen) atoms. The van der Waals surface area contributed by atoms with Crippen LogP contribution in [0.2, 0.25) is 0 Å². The number of aryl methyl sites for hydroxylation is 1. The van der Waals surface area contributed by atoms with Crippen LogP contribution in [0.25, 0.3) is 6.08 Å². The van der Waals surface area contributed by atoms with Crippen LogP contribution < -0.4 is 16.2 Å². The monoisotopic (exact) mass is 568 g/mol. The molecule has 3 aliphatic rings. The van der Waals surface area contributed by atoms with Gasteiger partial charge in [0.05, 0.1) is 12.0 Å². The lowest BCUT2D eigenvalue weighted by atomic mass is 9.52. The molecule has 4 N–H and O–H groups in total. The maximum atomic E-state index is 15.5. The van der Waals surface area contributed by atoms with Crippen molar-refractivity contribution in [3.05, 3.63) is 59.7 Å². The summed E-state index contributed by atoms with van der Waals surface area (Å²) in [5.41, 5.74) is 14.1. The zero-order valence-corrected chi connectivity index (χ0v) is 24.4. The Hall–Kier alpha value is -3.09. The summed E-state index contributed by atoms with van der Waals surface area (Å²) in [5, 5.41) is 0. The molecular formula is C34H46F2N2O3. The Labute approximate surface area is 243 Å². The van der Waals surface area contributed by atoms with Crippen LogP contribution in [0, 0.1) is 10.8 Å². The number of carbonyl (C=O) groups is 1. The zero-order valence-electron chi connectivity index (χ0n) is 24.4. The number of esters is 1. The molecule has 2 bridgehead atoms. The van der Waals surface area contributed by atoms with Crippen LogP contribution in [-0.4, -0.2) is 18.7 Å². The molecule has 3 fully saturated rings. The van der Waals surface area contributed by atoms with Crippen LogP contribution >= 0.6 is 0 Å². The highest BCUT2D eigenvalue weighted by Gasteiger charge is 2.62. The number of benzene rings is 2. The average molecular weight is 569 g/mol. The number of halogens is 2. The molecule has 0 atom stereocenters. The Morgan fingerprint density at radius 1 is 0.927 bits per heavy atom. The minimum absolute atomic E-state index is 0.148. The topological polar surface area (TPSA) is 87.6 Å². The molecule has 0 heterocycles. The molecule has 2 aromatic carbocycles. The number of unbranched alkanes of at least 4 members (excludes halogenated alkanes) is 4. The number of ether oxygens (including phenoxy) is 2. The largest absolute Gasteiger partial charge is 0.463 e. The molecule has 3 aliphatic carbocycles. The van der Waals surface area contributed by atoms with Gasteiger partial charge in [-0.1, -0.05) is 44.4 Å². The Morgan fingerprint density at radius 2 is 1.63 bits per heavy atom. The fourth-order valence-corrected chi connectivity index (χ4v) is 6.55. The van der Waals surface area contributed by atoms with E-state index in [0.717, 1.165) is 50.5 Å². The number of nitrogen functional groups attached to an aromatic ring is 2. The summed E-state index contributed by atoms with van der Waals surface area (Å²) in [5.74, 6) is -0.283. The van der Waals surface area contributed by atoms with Crippen LogP contribution in [0.15, 0.2) is 48.5 Å². The third-order valence-corrected chi connectivity index (χ3v) is 9.37. The number of carbonyl (C=O) groups excluding carboxylic acids is 1. The van der Waals surface area contributed by atoms with E-state index >= 15 is 8.78 Å². The molecule has 0 spiro atoms. The first-order chi connectivity index (χ1) is 19.7. The van der Waals surface area contributed by atoms with Gasteiger partial charge in [0.1, 0.15) is 5.75 Å². The Bertz CT molecular complexity index is 1150. The normalized spacial score (nSPS) is 22.2. The third-order valence-electron chi connectivity index (χ3n) is 9.37. The fraction of sp³-hybridized carbons (Fsp3) is 0.559. The van der Waals surface area contributed by atoms with Crippen LogP contribution in [0.4, 0.5) is 20.2 Å². The Kier molecular flexibility index (Phi) is 10.3. The number of alkyl halides is 2. The van der Waals surface area contributed by atoms with Gasteiger partial charge in [-0.3, -0.25) is 0 Å². The molecule has 5 nitrogen and oxygen atoms in total. The number of anilines is 2. The van der Waals surface area contributed by atoms with Crippen molar-refractivity contribution in [1.29, 1.82) is 0 Å². The average Bonchev–Trinajstić information content (AvgIpc) is 2.96.